The van der Waals surface area contributed by atoms with Gasteiger partial charge in [0.05, 0.1) is 24.8 Å². The predicted molar refractivity (Wildman–Crippen MR) is 155 cm³/mol. The number of ether oxygens (including phenoxy) is 2. The lowest BCUT2D eigenvalue weighted by atomic mass is 9.62. The van der Waals surface area contributed by atoms with Crippen LogP contribution < -0.4 is 10.6 Å². The van der Waals surface area contributed by atoms with E-state index in [2.05, 4.69) is 53.4 Å². The maximum atomic E-state index is 13.8. The van der Waals surface area contributed by atoms with Gasteiger partial charge in [0, 0.05) is 38.3 Å². The van der Waals surface area contributed by atoms with Gasteiger partial charge >= 0.3 is 0 Å². The number of carbonyl (C=O) groups excluding carboxylic acids is 1. The molecular weight excluding hydrogens is 586 g/mol. The largest absolute Gasteiger partial charge is 0.355 e. The maximum Gasteiger partial charge on any atom is 0.237 e. The fourth-order valence-corrected chi connectivity index (χ4v) is 7.75. The second-order valence-electron chi connectivity index (χ2n) is 11.8. The van der Waals surface area contributed by atoms with Crippen molar-refractivity contribution in [2.75, 3.05) is 13.2 Å². The molecule has 206 valence electrons. The van der Waals surface area contributed by atoms with E-state index in [0.29, 0.717) is 18.2 Å². The lowest BCUT2D eigenvalue weighted by molar-refractivity contribution is -0.139. The minimum absolute atomic E-state index is 0.0957. The van der Waals surface area contributed by atoms with Crippen LogP contribution in [0.2, 0.25) is 5.02 Å². The maximum absolute atomic E-state index is 13.8. The minimum Gasteiger partial charge on any atom is -0.355 e. The molecule has 0 aliphatic carbocycles. The third kappa shape index (κ3) is 6.14. The first-order chi connectivity index (χ1) is 17.9. The van der Waals surface area contributed by atoms with E-state index in [1.165, 1.54) is 0 Å². The van der Waals surface area contributed by atoms with Crippen LogP contribution in [-0.2, 0) is 19.7 Å². The molecule has 2 fully saturated rings. The van der Waals surface area contributed by atoms with Crippen LogP contribution in [0.3, 0.4) is 0 Å². The summed E-state index contributed by atoms with van der Waals surface area (Å²) in [4.78, 5) is 14.7. The van der Waals surface area contributed by atoms with Crippen molar-refractivity contribution in [1.29, 1.82) is 5.26 Å². The number of rotatable bonds is 8. The molecule has 3 heterocycles. The summed E-state index contributed by atoms with van der Waals surface area (Å²) >= 11 is 11.5. The van der Waals surface area contributed by atoms with E-state index in [4.69, 9.17) is 21.1 Å². The van der Waals surface area contributed by atoms with Crippen molar-refractivity contribution in [2.45, 2.75) is 89.2 Å². The van der Waals surface area contributed by atoms with Gasteiger partial charge in [0.15, 0.2) is 5.79 Å². The van der Waals surface area contributed by atoms with Crippen molar-refractivity contribution in [3.8, 4) is 6.07 Å². The van der Waals surface area contributed by atoms with E-state index >= 15 is 0 Å². The Kier molecular flexibility index (Phi) is 8.98. The highest BCUT2D eigenvalue weighted by molar-refractivity contribution is 9.10. The molecule has 38 heavy (non-hydrogen) atoms. The monoisotopic (exact) mass is 621 g/mol. The number of unbranched alkanes of at least 4 members (excludes halogenated alkanes) is 1. The molecule has 1 aromatic carbocycles. The van der Waals surface area contributed by atoms with Crippen molar-refractivity contribution >= 4 is 44.8 Å². The van der Waals surface area contributed by atoms with Crippen LogP contribution in [-0.4, -0.2) is 43.0 Å². The third-order valence-electron chi connectivity index (χ3n) is 7.46. The summed E-state index contributed by atoms with van der Waals surface area (Å²) in [6.45, 7) is 11.4. The normalized spacial score (nSPS) is 28.8. The number of hydrogen-bond acceptors (Lipinski definition) is 6. The summed E-state index contributed by atoms with van der Waals surface area (Å²) in [6, 6.07) is 11.4. The molecule has 6 nitrogen and oxygen atoms in total. The molecule has 0 unspecified atom stereocenters. The second kappa shape index (κ2) is 11.6. The molecule has 5 atom stereocenters. The topological polar surface area (TPSA) is 83.4 Å². The second-order valence-corrected chi connectivity index (χ2v) is 14.1. The van der Waals surface area contributed by atoms with Gasteiger partial charge in [-0.2, -0.15) is 5.26 Å². The lowest BCUT2D eigenvalue weighted by Gasteiger charge is -2.39. The van der Waals surface area contributed by atoms with E-state index in [1.54, 1.807) is 11.3 Å². The first-order valence-electron chi connectivity index (χ1n) is 13.1. The van der Waals surface area contributed by atoms with Crippen LogP contribution in [0.25, 0.3) is 0 Å². The van der Waals surface area contributed by atoms with Gasteiger partial charge in [-0.1, -0.05) is 44.5 Å². The Balaban J connectivity index is 1.58. The number of carbonyl (C=O) groups is 1. The molecule has 0 bridgehead atoms. The smallest absolute Gasteiger partial charge is 0.237 e. The van der Waals surface area contributed by atoms with Gasteiger partial charge in [-0.25, -0.2) is 0 Å². The molecular formula is C29H37BrClN3O3S. The summed E-state index contributed by atoms with van der Waals surface area (Å²) in [7, 11) is 0. The minimum atomic E-state index is -0.964. The van der Waals surface area contributed by atoms with Crippen LogP contribution in [0.15, 0.2) is 40.2 Å². The molecule has 1 aromatic heterocycles. The number of nitrogens with zero attached hydrogens (tertiary/aromatic N) is 1. The van der Waals surface area contributed by atoms with Crippen LogP contribution in [0.5, 0.6) is 0 Å². The Hall–Kier alpha value is -1.47. The molecule has 2 aromatic rings. The number of nitriles is 1. The van der Waals surface area contributed by atoms with Crippen molar-refractivity contribution in [3.05, 3.63) is 55.6 Å². The number of halogens is 2. The third-order valence-corrected chi connectivity index (χ3v) is 9.54. The van der Waals surface area contributed by atoms with Crippen LogP contribution in [0.1, 0.15) is 70.2 Å². The van der Waals surface area contributed by atoms with Gasteiger partial charge in [0.2, 0.25) is 5.91 Å². The van der Waals surface area contributed by atoms with Gasteiger partial charge < -0.3 is 14.8 Å². The Labute approximate surface area is 243 Å². The molecule has 9 heteroatoms. The van der Waals surface area contributed by atoms with Gasteiger partial charge in [-0.15, -0.1) is 11.3 Å². The fourth-order valence-electron chi connectivity index (χ4n) is 5.90. The number of amides is 1. The Bertz CT molecular complexity index is 1190. The average Bonchev–Trinajstić information content (AvgIpc) is 3.53. The Morgan fingerprint density at radius 3 is 2.66 bits per heavy atom. The van der Waals surface area contributed by atoms with Crippen molar-refractivity contribution < 1.29 is 14.3 Å². The first kappa shape index (κ1) is 29.5. The van der Waals surface area contributed by atoms with Crippen LogP contribution in [0, 0.1) is 16.7 Å². The van der Waals surface area contributed by atoms with Gasteiger partial charge in [0.1, 0.15) is 5.41 Å². The predicted octanol–water partition coefficient (Wildman–Crippen LogP) is 6.53. The highest BCUT2D eigenvalue weighted by Crippen LogP contribution is 2.54. The van der Waals surface area contributed by atoms with Crippen LogP contribution >= 0.6 is 38.9 Å². The molecule has 0 saturated carbocycles. The molecule has 2 N–H and O–H groups in total. The van der Waals surface area contributed by atoms with Crippen molar-refractivity contribution in [1.82, 2.24) is 10.6 Å². The molecule has 0 spiro atoms. The van der Waals surface area contributed by atoms with E-state index in [9.17, 15) is 10.1 Å². The summed E-state index contributed by atoms with van der Waals surface area (Å²) in [5.74, 6) is -1.04. The standard InChI is InChI=1S/C29H37BrClN3O3S/c1-27(2,3)26-29(17-32,22-14-19(30)16-38-22)23(18-9-8-10-20(31)13-18)24(34-26)25(35)33-12-7-6-11-21-15-36-28(4,5)37-21/h8-10,13-14,16,21,23-24,26,34H,6-7,11-12,15H2,1-5H3,(H,33,35)/t21-,23-,24+,26-,29+/m0/s1. The highest BCUT2D eigenvalue weighted by atomic mass is 79.9. The fraction of sp³-hybridized carbons (Fsp3) is 0.586. The zero-order valence-corrected chi connectivity index (χ0v) is 25.8. The summed E-state index contributed by atoms with van der Waals surface area (Å²) in [5, 5.41) is 20.3. The Morgan fingerprint density at radius 1 is 1.32 bits per heavy atom. The molecule has 4 rings (SSSR count). The van der Waals surface area contributed by atoms with E-state index in [-0.39, 0.29) is 23.5 Å². The summed E-state index contributed by atoms with van der Waals surface area (Å²) in [5.41, 5.74) is -0.382. The van der Waals surface area contributed by atoms with Gasteiger partial charge in [-0.3, -0.25) is 10.1 Å². The van der Waals surface area contributed by atoms with Crippen molar-refractivity contribution in [3.63, 3.8) is 0 Å². The number of benzene rings is 1. The number of thiophene rings is 1. The lowest BCUT2D eigenvalue weighted by Crippen LogP contribution is -2.50. The number of hydrogen-bond donors (Lipinski definition) is 2. The zero-order chi connectivity index (χ0) is 27.7. The number of nitrogens with one attached hydrogen (secondary N) is 2. The quantitative estimate of drug-likeness (QED) is 0.327. The zero-order valence-electron chi connectivity index (χ0n) is 22.6. The van der Waals surface area contributed by atoms with E-state index in [0.717, 1.165) is 34.2 Å². The molecule has 2 saturated heterocycles. The average molecular weight is 623 g/mol. The van der Waals surface area contributed by atoms with Gasteiger partial charge in [-0.05, 0) is 78.2 Å². The van der Waals surface area contributed by atoms with E-state index in [1.807, 2.05) is 49.6 Å². The molecule has 1 amide bonds. The first-order valence-corrected chi connectivity index (χ1v) is 15.2. The highest BCUT2D eigenvalue weighted by Gasteiger charge is 2.62. The van der Waals surface area contributed by atoms with Crippen LogP contribution in [0.4, 0.5) is 0 Å². The molecule has 2 aliphatic heterocycles. The SMILES string of the molecule is CC1(C)OC[C@H](CCCCNC(=O)[C@@H]2N[C@@H](C(C)(C)C)[C@](C#N)(c3cc(Br)cs3)[C@H]2c2cccc(Cl)c2)O1. The Morgan fingerprint density at radius 2 is 2.08 bits per heavy atom. The molecule has 2 aliphatic rings. The summed E-state index contributed by atoms with van der Waals surface area (Å²) in [6.07, 6.45) is 2.75. The van der Waals surface area contributed by atoms with E-state index < -0.39 is 23.2 Å². The van der Waals surface area contributed by atoms with Crippen molar-refractivity contribution in [2.24, 2.45) is 5.41 Å². The molecule has 0 radical (unpaired) electrons. The van der Waals surface area contributed by atoms with Gasteiger partial charge in [0.25, 0.3) is 0 Å². The summed E-state index contributed by atoms with van der Waals surface area (Å²) < 4.78 is 12.5.